The molecule has 0 fully saturated rings. The molecule has 1 heterocycles. The number of rotatable bonds is 8. The minimum atomic E-state index is -0.988. The van der Waals surface area contributed by atoms with Gasteiger partial charge in [-0.25, -0.2) is 0 Å². The number of aryl methyl sites for hydroxylation is 2. The molecule has 0 saturated carbocycles. The zero-order valence-electron chi connectivity index (χ0n) is 17.8. The van der Waals surface area contributed by atoms with Crippen LogP contribution in [-0.2, 0) is 27.4 Å². The summed E-state index contributed by atoms with van der Waals surface area (Å²) in [5.41, 5.74) is 2.85. The number of benzene rings is 2. The molecule has 2 aromatic carbocycles. The number of ether oxygens (including phenoxy) is 2. The van der Waals surface area contributed by atoms with E-state index in [1.54, 1.807) is 42.5 Å². The predicted molar refractivity (Wildman–Crippen MR) is 121 cm³/mol. The molecule has 1 atom stereocenters. The van der Waals surface area contributed by atoms with Crippen LogP contribution in [0.3, 0.4) is 0 Å². The summed E-state index contributed by atoms with van der Waals surface area (Å²) < 4.78 is 16.1. The number of esters is 1. The molecule has 1 aromatic heterocycles. The van der Waals surface area contributed by atoms with Gasteiger partial charge in [-0.2, -0.15) is 0 Å². The van der Waals surface area contributed by atoms with Crippen LogP contribution in [0.25, 0.3) is 0 Å². The summed E-state index contributed by atoms with van der Waals surface area (Å²) in [6, 6.07) is 11.7. The van der Waals surface area contributed by atoms with Gasteiger partial charge in [-0.05, 0) is 56.7 Å². The Bertz CT molecular complexity index is 1070. The summed E-state index contributed by atoms with van der Waals surface area (Å²) in [6.45, 7) is 5.52. The van der Waals surface area contributed by atoms with Crippen LogP contribution in [0.4, 0.5) is 5.69 Å². The Morgan fingerprint density at radius 2 is 1.75 bits per heavy atom. The Morgan fingerprint density at radius 3 is 2.34 bits per heavy atom. The van der Waals surface area contributed by atoms with Crippen LogP contribution in [0.2, 0.25) is 10.0 Å². The smallest absolute Gasteiger partial charge is 0.311 e. The van der Waals surface area contributed by atoms with Crippen LogP contribution in [0.1, 0.15) is 29.5 Å². The quantitative estimate of drug-likeness (QED) is 0.444. The van der Waals surface area contributed by atoms with E-state index >= 15 is 0 Å². The highest BCUT2D eigenvalue weighted by Crippen LogP contribution is 2.23. The SMILES string of the molecule is Cc1noc(C)c1COc1ccc(CC(=O)OC(C)C(=O)Nc2cc(Cl)cc(Cl)c2)cc1. The molecule has 1 amide bonds. The van der Waals surface area contributed by atoms with Crippen LogP contribution in [0.15, 0.2) is 47.0 Å². The molecule has 3 aromatic rings. The van der Waals surface area contributed by atoms with E-state index < -0.39 is 18.0 Å². The molecule has 7 nitrogen and oxygen atoms in total. The Labute approximate surface area is 195 Å². The fraction of sp³-hybridized carbons (Fsp3) is 0.261. The number of hydrogen-bond acceptors (Lipinski definition) is 6. The van der Waals surface area contributed by atoms with E-state index in [9.17, 15) is 9.59 Å². The number of hydrogen-bond donors (Lipinski definition) is 1. The summed E-state index contributed by atoms with van der Waals surface area (Å²) in [5.74, 6) is 0.356. The number of halogens is 2. The average Bonchev–Trinajstić information content (AvgIpc) is 3.04. The Balaban J connectivity index is 1.49. The highest BCUT2D eigenvalue weighted by atomic mass is 35.5. The maximum atomic E-state index is 12.3. The molecule has 0 saturated heterocycles. The van der Waals surface area contributed by atoms with Gasteiger partial charge in [0.1, 0.15) is 18.1 Å². The lowest BCUT2D eigenvalue weighted by atomic mass is 10.1. The van der Waals surface area contributed by atoms with Gasteiger partial charge in [-0.1, -0.05) is 40.5 Å². The minimum absolute atomic E-state index is 0.0186. The van der Waals surface area contributed by atoms with Crippen molar-refractivity contribution in [3.8, 4) is 5.75 Å². The first kappa shape index (κ1) is 23.6. The van der Waals surface area contributed by atoms with E-state index in [-0.39, 0.29) is 6.42 Å². The number of carbonyl (C=O) groups is 2. The molecular formula is C23H22Cl2N2O5. The van der Waals surface area contributed by atoms with Crippen LogP contribution < -0.4 is 10.1 Å². The van der Waals surface area contributed by atoms with Crippen molar-refractivity contribution in [1.82, 2.24) is 5.16 Å². The average molecular weight is 477 g/mol. The molecule has 0 aliphatic rings. The van der Waals surface area contributed by atoms with E-state index in [4.69, 9.17) is 37.2 Å². The van der Waals surface area contributed by atoms with Crippen LogP contribution in [-0.4, -0.2) is 23.1 Å². The maximum Gasteiger partial charge on any atom is 0.311 e. The normalized spacial score (nSPS) is 11.7. The number of anilines is 1. The third kappa shape index (κ3) is 6.48. The fourth-order valence-electron chi connectivity index (χ4n) is 2.90. The first-order valence-corrected chi connectivity index (χ1v) is 10.6. The van der Waals surface area contributed by atoms with Gasteiger partial charge in [0, 0.05) is 15.7 Å². The van der Waals surface area contributed by atoms with E-state index in [1.165, 1.54) is 6.92 Å². The van der Waals surface area contributed by atoms with Crippen molar-refractivity contribution in [3.63, 3.8) is 0 Å². The van der Waals surface area contributed by atoms with Gasteiger partial charge in [0.25, 0.3) is 5.91 Å². The summed E-state index contributed by atoms with van der Waals surface area (Å²) in [7, 11) is 0. The second kappa shape index (κ2) is 10.5. The number of aromatic nitrogens is 1. The second-order valence-corrected chi connectivity index (χ2v) is 8.06. The maximum absolute atomic E-state index is 12.3. The van der Waals surface area contributed by atoms with Crippen molar-refractivity contribution >= 4 is 40.8 Å². The van der Waals surface area contributed by atoms with Gasteiger partial charge in [0.2, 0.25) is 0 Å². The van der Waals surface area contributed by atoms with Crippen molar-refractivity contribution in [3.05, 3.63) is 75.1 Å². The molecular weight excluding hydrogens is 455 g/mol. The number of carbonyl (C=O) groups excluding carboxylic acids is 2. The first-order chi connectivity index (χ1) is 15.2. The molecule has 1 N–H and O–H groups in total. The second-order valence-electron chi connectivity index (χ2n) is 7.19. The van der Waals surface area contributed by atoms with E-state index in [2.05, 4.69) is 10.5 Å². The molecule has 0 aliphatic carbocycles. The summed E-state index contributed by atoms with van der Waals surface area (Å²) in [6.07, 6.45) is -0.969. The molecule has 0 aliphatic heterocycles. The van der Waals surface area contributed by atoms with Crippen LogP contribution in [0, 0.1) is 13.8 Å². The van der Waals surface area contributed by atoms with Crippen LogP contribution >= 0.6 is 23.2 Å². The van der Waals surface area contributed by atoms with Gasteiger partial charge >= 0.3 is 5.97 Å². The predicted octanol–water partition coefficient (Wildman–Crippen LogP) is 5.29. The lowest BCUT2D eigenvalue weighted by Crippen LogP contribution is -2.30. The van der Waals surface area contributed by atoms with E-state index in [0.29, 0.717) is 28.1 Å². The topological polar surface area (TPSA) is 90.7 Å². The lowest BCUT2D eigenvalue weighted by molar-refractivity contribution is -0.152. The Morgan fingerprint density at radius 1 is 1.09 bits per heavy atom. The number of nitrogens with one attached hydrogen (secondary N) is 1. The van der Waals surface area contributed by atoms with Gasteiger partial charge < -0.3 is 19.3 Å². The van der Waals surface area contributed by atoms with Gasteiger partial charge in [0.05, 0.1) is 17.7 Å². The summed E-state index contributed by atoms with van der Waals surface area (Å²) in [4.78, 5) is 24.5. The standard InChI is InChI=1S/C23H22Cl2N2O5/c1-13-21(14(2)32-27-13)12-30-20-6-4-16(5-7-20)8-22(28)31-15(3)23(29)26-19-10-17(24)9-18(25)11-19/h4-7,9-11,15H,8,12H2,1-3H3,(H,26,29). The lowest BCUT2D eigenvalue weighted by Gasteiger charge is -2.14. The molecule has 168 valence electrons. The van der Waals surface area contributed by atoms with Crippen molar-refractivity contribution in [2.24, 2.45) is 0 Å². The number of nitrogens with zero attached hydrogens (tertiary/aromatic N) is 1. The first-order valence-electron chi connectivity index (χ1n) is 9.81. The molecule has 32 heavy (non-hydrogen) atoms. The molecule has 3 rings (SSSR count). The molecule has 0 spiro atoms. The van der Waals surface area contributed by atoms with Crippen molar-refractivity contribution in [2.75, 3.05) is 5.32 Å². The zero-order chi connectivity index (χ0) is 23.3. The van der Waals surface area contributed by atoms with E-state index in [1.807, 2.05) is 13.8 Å². The monoisotopic (exact) mass is 476 g/mol. The molecule has 9 heteroatoms. The van der Waals surface area contributed by atoms with Crippen molar-refractivity contribution in [2.45, 2.75) is 39.9 Å². The minimum Gasteiger partial charge on any atom is -0.489 e. The zero-order valence-corrected chi connectivity index (χ0v) is 19.3. The Kier molecular flexibility index (Phi) is 7.77. The molecule has 0 bridgehead atoms. The highest BCUT2D eigenvalue weighted by molar-refractivity contribution is 6.35. The Hall–Kier alpha value is -3.03. The molecule has 1 unspecified atom stereocenters. The highest BCUT2D eigenvalue weighted by Gasteiger charge is 2.18. The van der Waals surface area contributed by atoms with Gasteiger partial charge in [-0.3, -0.25) is 9.59 Å². The van der Waals surface area contributed by atoms with E-state index in [0.717, 1.165) is 22.6 Å². The largest absolute Gasteiger partial charge is 0.489 e. The van der Waals surface area contributed by atoms with Gasteiger partial charge in [0.15, 0.2) is 6.10 Å². The third-order valence-electron chi connectivity index (χ3n) is 4.64. The fourth-order valence-corrected chi connectivity index (χ4v) is 3.42. The number of amides is 1. The van der Waals surface area contributed by atoms with Crippen LogP contribution in [0.5, 0.6) is 5.75 Å². The van der Waals surface area contributed by atoms with Crippen molar-refractivity contribution in [1.29, 1.82) is 0 Å². The van der Waals surface area contributed by atoms with Gasteiger partial charge in [-0.15, -0.1) is 0 Å². The summed E-state index contributed by atoms with van der Waals surface area (Å²) in [5, 5.41) is 7.29. The summed E-state index contributed by atoms with van der Waals surface area (Å²) >= 11 is 11.8. The third-order valence-corrected chi connectivity index (χ3v) is 5.08. The molecule has 0 radical (unpaired) electrons. The van der Waals surface area contributed by atoms with Crippen molar-refractivity contribution < 1.29 is 23.6 Å².